The Morgan fingerprint density at radius 3 is 2.70 bits per heavy atom. The molecule has 0 saturated heterocycles. The topological polar surface area (TPSA) is 21.3 Å². The van der Waals surface area contributed by atoms with Crippen LogP contribution in [0.5, 0.6) is 0 Å². The van der Waals surface area contributed by atoms with Crippen LogP contribution in [0.4, 0.5) is 0 Å². The van der Waals surface area contributed by atoms with Crippen LogP contribution in [0.3, 0.4) is 0 Å². The lowest BCUT2D eigenvalue weighted by molar-refractivity contribution is 0.0118. The molecule has 1 aromatic heterocycles. The number of rotatable bonds is 7. The van der Waals surface area contributed by atoms with E-state index >= 15 is 0 Å². The molecule has 2 aromatic rings. The fourth-order valence-corrected chi connectivity index (χ4v) is 3.53. The molecule has 0 radical (unpaired) electrons. The van der Waals surface area contributed by atoms with Crippen molar-refractivity contribution in [3.8, 4) is 0 Å². The first-order valence-corrected chi connectivity index (χ1v) is 8.14. The first-order valence-electron chi connectivity index (χ1n) is 7.33. The van der Waals surface area contributed by atoms with E-state index in [-0.39, 0.29) is 5.60 Å². The number of fused-ring (bicyclic) bond motifs is 1. The predicted molar refractivity (Wildman–Crippen MR) is 88.6 cm³/mol. The fraction of sp³-hybridized carbons (Fsp3) is 0.529. The van der Waals surface area contributed by atoms with Crippen LogP contribution >= 0.6 is 11.3 Å². The van der Waals surface area contributed by atoms with Gasteiger partial charge in [0.15, 0.2) is 0 Å². The van der Waals surface area contributed by atoms with Crippen LogP contribution < -0.4 is 5.32 Å². The van der Waals surface area contributed by atoms with Crippen molar-refractivity contribution in [2.45, 2.75) is 45.3 Å². The number of thiophene rings is 1. The monoisotopic (exact) mass is 291 g/mol. The van der Waals surface area contributed by atoms with Crippen LogP contribution in [0.2, 0.25) is 0 Å². The summed E-state index contributed by atoms with van der Waals surface area (Å²) in [6, 6.07) is 11.4. The molecule has 2 rings (SSSR count). The molecule has 3 heteroatoms. The molecule has 0 spiro atoms. The van der Waals surface area contributed by atoms with Crippen molar-refractivity contribution in [2.75, 3.05) is 13.7 Å². The number of hydrogen-bond acceptors (Lipinski definition) is 3. The van der Waals surface area contributed by atoms with Crippen LogP contribution in [-0.2, 0) is 4.74 Å². The zero-order chi connectivity index (χ0) is 14.6. The highest BCUT2D eigenvalue weighted by Crippen LogP contribution is 2.33. The summed E-state index contributed by atoms with van der Waals surface area (Å²) in [4.78, 5) is 1.43. The Morgan fingerprint density at radius 1 is 1.30 bits per heavy atom. The van der Waals surface area contributed by atoms with E-state index in [1.807, 2.05) is 11.3 Å². The molecule has 0 aliphatic rings. The van der Waals surface area contributed by atoms with Gasteiger partial charge in [-0.25, -0.2) is 0 Å². The molecule has 1 atom stereocenters. The van der Waals surface area contributed by atoms with Crippen molar-refractivity contribution >= 4 is 21.4 Å². The lowest BCUT2D eigenvalue weighted by Gasteiger charge is -2.26. The van der Waals surface area contributed by atoms with E-state index in [4.69, 9.17) is 4.74 Å². The highest BCUT2D eigenvalue weighted by molar-refractivity contribution is 7.19. The van der Waals surface area contributed by atoms with Crippen molar-refractivity contribution in [3.63, 3.8) is 0 Å². The summed E-state index contributed by atoms with van der Waals surface area (Å²) in [5.41, 5.74) is -0.0512. The van der Waals surface area contributed by atoms with Gasteiger partial charge in [0.2, 0.25) is 0 Å². The molecule has 0 fully saturated rings. The van der Waals surface area contributed by atoms with E-state index in [0.717, 1.165) is 19.4 Å². The van der Waals surface area contributed by atoms with Gasteiger partial charge in [0, 0.05) is 22.7 Å². The van der Waals surface area contributed by atoms with Gasteiger partial charge in [-0.3, -0.25) is 0 Å². The predicted octanol–water partition coefficient (Wildman–Crippen LogP) is 4.76. The fourth-order valence-electron chi connectivity index (χ4n) is 2.36. The second-order valence-electron chi connectivity index (χ2n) is 5.80. The maximum atomic E-state index is 5.54. The number of hydrogen-bond donors (Lipinski definition) is 1. The molecule has 1 unspecified atom stereocenters. The summed E-state index contributed by atoms with van der Waals surface area (Å²) in [7, 11) is 1.79. The zero-order valence-electron chi connectivity index (χ0n) is 12.9. The van der Waals surface area contributed by atoms with Gasteiger partial charge in [0.25, 0.3) is 0 Å². The number of ether oxygens (including phenoxy) is 1. The molecule has 20 heavy (non-hydrogen) atoms. The minimum Gasteiger partial charge on any atom is -0.379 e. The summed E-state index contributed by atoms with van der Waals surface area (Å²) in [5.74, 6) is 0. The van der Waals surface area contributed by atoms with Crippen molar-refractivity contribution in [1.29, 1.82) is 0 Å². The summed E-state index contributed by atoms with van der Waals surface area (Å²) in [6.07, 6.45) is 2.15. The molecule has 0 aliphatic carbocycles. The van der Waals surface area contributed by atoms with Gasteiger partial charge in [-0.15, -0.1) is 11.3 Å². The zero-order valence-corrected chi connectivity index (χ0v) is 13.7. The summed E-state index contributed by atoms with van der Waals surface area (Å²) in [6.45, 7) is 7.47. The molecular weight excluding hydrogens is 266 g/mol. The van der Waals surface area contributed by atoms with Gasteiger partial charge in [-0.05, 0) is 50.8 Å². The normalized spacial score (nSPS) is 13.8. The largest absolute Gasteiger partial charge is 0.379 e. The van der Waals surface area contributed by atoms with Crippen LogP contribution in [0, 0.1) is 0 Å². The molecule has 0 aliphatic heterocycles. The average Bonchev–Trinajstić information content (AvgIpc) is 2.87. The maximum absolute atomic E-state index is 5.54. The second kappa shape index (κ2) is 6.70. The third kappa shape index (κ3) is 3.81. The van der Waals surface area contributed by atoms with E-state index in [9.17, 15) is 0 Å². The highest BCUT2D eigenvalue weighted by atomic mass is 32.1. The summed E-state index contributed by atoms with van der Waals surface area (Å²) >= 11 is 1.90. The van der Waals surface area contributed by atoms with Crippen molar-refractivity contribution in [1.82, 2.24) is 5.32 Å². The third-order valence-electron chi connectivity index (χ3n) is 3.83. The first-order chi connectivity index (χ1) is 9.55. The Labute approximate surface area is 126 Å². The van der Waals surface area contributed by atoms with E-state index in [0.29, 0.717) is 6.04 Å². The minimum atomic E-state index is -0.0512. The Morgan fingerprint density at radius 2 is 2.05 bits per heavy atom. The van der Waals surface area contributed by atoms with E-state index in [1.54, 1.807) is 7.11 Å². The lowest BCUT2D eigenvalue weighted by atomic mass is 9.98. The van der Waals surface area contributed by atoms with Crippen LogP contribution in [0.25, 0.3) is 10.1 Å². The number of methoxy groups -OCH3 is 1. The van der Waals surface area contributed by atoms with Crippen LogP contribution in [-0.4, -0.2) is 19.3 Å². The summed E-state index contributed by atoms with van der Waals surface area (Å²) in [5, 5.41) is 4.96. The van der Waals surface area contributed by atoms with Gasteiger partial charge in [-0.2, -0.15) is 0 Å². The molecule has 1 N–H and O–H groups in total. The standard InChI is InChI=1S/C17H25NOS/c1-5-18-14(10-11-17(2,3)19-4)16-12-13-8-6-7-9-15(13)20-16/h6-9,12,14,18H,5,10-11H2,1-4H3. The van der Waals surface area contributed by atoms with E-state index < -0.39 is 0 Å². The molecule has 1 heterocycles. The maximum Gasteiger partial charge on any atom is 0.0623 e. The number of benzene rings is 1. The molecule has 110 valence electrons. The van der Waals surface area contributed by atoms with Crippen LogP contribution in [0.15, 0.2) is 30.3 Å². The van der Waals surface area contributed by atoms with Gasteiger partial charge in [-0.1, -0.05) is 25.1 Å². The number of nitrogens with one attached hydrogen (secondary N) is 1. The Balaban J connectivity index is 2.15. The van der Waals surface area contributed by atoms with Crippen molar-refractivity contribution < 1.29 is 4.74 Å². The molecule has 2 nitrogen and oxygen atoms in total. The van der Waals surface area contributed by atoms with Crippen molar-refractivity contribution in [3.05, 3.63) is 35.2 Å². The first kappa shape index (κ1) is 15.5. The van der Waals surface area contributed by atoms with Gasteiger partial charge < -0.3 is 10.1 Å². The second-order valence-corrected chi connectivity index (χ2v) is 6.91. The van der Waals surface area contributed by atoms with Crippen LogP contribution in [0.1, 0.15) is 44.5 Å². The van der Waals surface area contributed by atoms with Gasteiger partial charge in [0.1, 0.15) is 0 Å². The molecule has 0 amide bonds. The van der Waals surface area contributed by atoms with Gasteiger partial charge in [0.05, 0.1) is 5.60 Å². The average molecular weight is 291 g/mol. The van der Waals surface area contributed by atoms with Gasteiger partial charge >= 0.3 is 0 Å². The van der Waals surface area contributed by atoms with E-state index in [1.165, 1.54) is 15.0 Å². The Bertz CT molecular complexity index is 514. The smallest absolute Gasteiger partial charge is 0.0623 e. The lowest BCUT2D eigenvalue weighted by Crippen LogP contribution is -2.27. The summed E-state index contributed by atoms with van der Waals surface area (Å²) < 4.78 is 6.91. The minimum absolute atomic E-state index is 0.0512. The Kier molecular flexibility index (Phi) is 5.19. The highest BCUT2D eigenvalue weighted by Gasteiger charge is 2.21. The van der Waals surface area contributed by atoms with Crippen molar-refractivity contribution in [2.24, 2.45) is 0 Å². The molecular formula is C17H25NOS. The quantitative estimate of drug-likeness (QED) is 0.794. The Hall–Kier alpha value is -0.900. The SMILES string of the molecule is CCNC(CCC(C)(C)OC)c1cc2ccccc2s1. The third-order valence-corrected chi connectivity index (χ3v) is 5.06. The molecule has 0 bridgehead atoms. The van der Waals surface area contributed by atoms with E-state index in [2.05, 4.69) is 56.4 Å². The molecule has 0 saturated carbocycles. The molecule has 1 aromatic carbocycles.